The van der Waals surface area contributed by atoms with E-state index in [1.807, 2.05) is 95.7 Å². The number of rotatable bonds is 10. The number of aryl methyl sites for hydroxylation is 3. The predicted molar refractivity (Wildman–Crippen MR) is 167 cm³/mol. The van der Waals surface area contributed by atoms with E-state index in [1.54, 1.807) is 11.9 Å². The number of alkyl carbamates (subject to hydrolysis) is 1. The van der Waals surface area contributed by atoms with Crippen LogP contribution in [0.4, 0.5) is 4.79 Å². The number of nitrogens with one attached hydrogen (secondary N) is 1. The molecule has 0 aliphatic rings. The minimum Gasteiger partial charge on any atom is -0.493 e. The molecule has 0 aliphatic carbocycles. The van der Waals surface area contributed by atoms with E-state index in [2.05, 4.69) is 10.4 Å². The standard InChI is InChI=1S/C33H42N6O4/c1-9-39-23(4)25(19-35-39)20-38(8)31(40)29-26-17-21(2)11-13-27(26)36-30(37-29)24-12-14-28(22(3)18-24)42-16-10-15-34-32(41)43-33(5,6)7/h11-14,17-19H,9-10,15-16,20H2,1-8H3,(H,34,41). The highest BCUT2D eigenvalue weighted by Crippen LogP contribution is 2.28. The van der Waals surface area contributed by atoms with Crippen LogP contribution in [-0.2, 0) is 17.8 Å². The summed E-state index contributed by atoms with van der Waals surface area (Å²) in [5, 5.41) is 7.88. The fraction of sp³-hybridized carbons (Fsp3) is 0.424. The van der Waals surface area contributed by atoms with E-state index in [-0.39, 0.29) is 5.91 Å². The van der Waals surface area contributed by atoms with Crippen molar-refractivity contribution in [2.24, 2.45) is 0 Å². The van der Waals surface area contributed by atoms with Gasteiger partial charge in [-0.1, -0.05) is 11.6 Å². The van der Waals surface area contributed by atoms with Gasteiger partial charge in [0.25, 0.3) is 5.91 Å². The molecule has 0 saturated carbocycles. The third-order valence-corrected chi connectivity index (χ3v) is 6.99. The van der Waals surface area contributed by atoms with Gasteiger partial charge in [-0.15, -0.1) is 0 Å². The number of ether oxygens (including phenoxy) is 2. The fourth-order valence-corrected chi connectivity index (χ4v) is 4.71. The third-order valence-electron chi connectivity index (χ3n) is 6.99. The van der Waals surface area contributed by atoms with Gasteiger partial charge < -0.3 is 19.7 Å². The van der Waals surface area contributed by atoms with Crippen molar-refractivity contribution in [2.45, 2.75) is 73.6 Å². The molecule has 4 aromatic rings. The maximum absolute atomic E-state index is 13.8. The second kappa shape index (κ2) is 13.2. The van der Waals surface area contributed by atoms with Crippen molar-refractivity contribution in [1.29, 1.82) is 0 Å². The summed E-state index contributed by atoms with van der Waals surface area (Å²) in [6, 6.07) is 11.6. The maximum Gasteiger partial charge on any atom is 0.407 e. The molecule has 2 heterocycles. The molecule has 0 radical (unpaired) electrons. The molecule has 228 valence electrons. The minimum atomic E-state index is -0.532. The number of hydrogen-bond donors (Lipinski definition) is 1. The summed E-state index contributed by atoms with van der Waals surface area (Å²) < 4.78 is 13.1. The van der Waals surface area contributed by atoms with Crippen LogP contribution in [0.15, 0.2) is 42.6 Å². The number of benzene rings is 2. The molecule has 0 saturated heterocycles. The molecular formula is C33H42N6O4. The number of hydrogen-bond acceptors (Lipinski definition) is 7. The zero-order valence-corrected chi connectivity index (χ0v) is 26.4. The van der Waals surface area contributed by atoms with Gasteiger partial charge in [0.1, 0.15) is 17.0 Å². The summed E-state index contributed by atoms with van der Waals surface area (Å²) in [6.07, 6.45) is 2.01. The molecule has 10 heteroatoms. The van der Waals surface area contributed by atoms with E-state index in [4.69, 9.17) is 19.4 Å². The first kappa shape index (κ1) is 31.5. The van der Waals surface area contributed by atoms with Crippen LogP contribution in [0.3, 0.4) is 0 Å². The van der Waals surface area contributed by atoms with E-state index in [1.165, 1.54) is 0 Å². The molecule has 1 N–H and O–H groups in total. The first-order valence-corrected chi connectivity index (χ1v) is 14.6. The lowest BCUT2D eigenvalue weighted by atomic mass is 10.1. The molecule has 0 aliphatic heterocycles. The van der Waals surface area contributed by atoms with Crippen molar-refractivity contribution in [3.8, 4) is 17.1 Å². The zero-order chi connectivity index (χ0) is 31.3. The van der Waals surface area contributed by atoms with Crippen LogP contribution < -0.4 is 10.1 Å². The van der Waals surface area contributed by atoms with E-state index >= 15 is 0 Å². The Hall–Kier alpha value is -4.47. The second-order valence-corrected chi connectivity index (χ2v) is 11.8. The normalized spacial score (nSPS) is 11.4. The number of amides is 2. The Morgan fingerprint density at radius 1 is 1.05 bits per heavy atom. The van der Waals surface area contributed by atoms with Crippen LogP contribution >= 0.6 is 0 Å². The van der Waals surface area contributed by atoms with Crippen molar-refractivity contribution in [3.05, 3.63) is 70.7 Å². The van der Waals surface area contributed by atoms with Crippen molar-refractivity contribution in [3.63, 3.8) is 0 Å². The monoisotopic (exact) mass is 586 g/mol. The Kier molecular flexibility index (Phi) is 9.68. The van der Waals surface area contributed by atoms with Gasteiger partial charge >= 0.3 is 6.09 Å². The summed E-state index contributed by atoms with van der Waals surface area (Å²) in [7, 11) is 1.79. The number of carbonyl (C=O) groups is 2. The minimum absolute atomic E-state index is 0.181. The van der Waals surface area contributed by atoms with Gasteiger partial charge in [-0.05, 0) is 90.8 Å². The molecule has 4 rings (SSSR count). The largest absolute Gasteiger partial charge is 0.493 e. The molecule has 43 heavy (non-hydrogen) atoms. The van der Waals surface area contributed by atoms with Gasteiger partial charge in [-0.2, -0.15) is 5.10 Å². The lowest BCUT2D eigenvalue weighted by molar-refractivity contribution is 0.0525. The molecule has 2 amide bonds. The third kappa shape index (κ3) is 7.88. The fourth-order valence-electron chi connectivity index (χ4n) is 4.71. The first-order chi connectivity index (χ1) is 20.4. The lowest BCUT2D eigenvalue weighted by Crippen LogP contribution is -2.33. The highest BCUT2D eigenvalue weighted by molar-refractivity contribution is 6.05. The molecule has 0 unspecified atom stereocenters. The Bertz CT molecular complexity index is 1620. The van der Waals surface area contributed by atoms with Crippen LogP contribution in [0.2, 0.25) is 0 Å². The number of nitrogens with zero attached hydrogens (tertiary/aromatic N) is 5. The predicted octanol–water partition coefficient (Wildman–Crippen LogP) is 6.00. The first-order valence-electron chi connectivity index (χ1n) is 14.6. The molecule has 2 aromatic heterocycles. The zero-order valence-electron chi connectivity index (χ0n) is 26.4. The number of aromatic nitrogens is 4. The van der Waals surface area contributed by atoms with Crippen LogP contribution in [0.25, 0.3) is 22.3 Å². The summed E-state index contributed by atoms with van der Waals surface area (Å²) in [4.78, 5) is 36.9. The lowest BCUT2D eigenvalue weighted by Gasteiger charge is -2.19. The van der Waals surface area contributed by atoms with E-state index in [9.17, 15) is 9.59 Å². The molecule has 10 nitrogen and oxygen atoms in total. The van der Waals surface area contributed by atoms with Gasteiger partial charge in [-0.3, -0.25) is 9.48 Å². The van der Waals surface area contributed by atoms with Crippen LogP contribution in [0.5, 0.6) is 5.75 Å². The Morgan fingerprint density at radius 3 is 2.49 bits per heavy atom. The number of carbonyl (C=O) groups excluding carboxylic acids is 2. The van der Waals surface area contributed by atoms with Crippen LogP contribution in [-0.4, -0.2) is 62.4 Å². The number of fused-ring (bicyclic) bond motifs is 1. The van der Waals surface area contributed by atoms with E-state index < -0.39 is 11.7 Å². The summed E-state index contributed by atoms with van der Waals surface area (Å²) >= 11 is 0. The summed E-state index contributed by atoms with van der Waals surface area (Å²) in [5.74, 6) is 1.02. The molecular weight excluding hydrogens is 544 g/mol. The van der Waals surface area contributed by atoms with E-state index in [0.29, 0.717) is 43.2 Å². The summed E-state index contributed by atoms with van der Waals surface area (Å²) in [6.45, 7) is 15.6. The van der Waals surface area contributed by atoms with Crippen LogP contribution in [0.1, 0.15) is 67.0 Å². The average molecular weight is 587 g/mol. The Labute approximate surface area is 253 Å². The highest BCUT2D eigenvalue weighted by atomic mass is 16.6. The van der Waals surface area contributed by atoms with Gasteiger partial charge in [0.15, 0.2) is 5.82 Å². The average Bonchev–Trinajstić information content (AvgIpc) is 3.30. The van der Waals surface area contributed by atoms with Crippen molar-refractivity contribution >= 4 is 22.9 Å². The van der Waals surface area contributed by atoms with Gasteiger partial charge in [0.05, 0.1) is 18.3 Å². The maximum atomic E-state index is 13.8. The smallest absolute Gasteiger partial charge is 0.407 e. The molecule has 2 aromatic carbocycles. The van der Waals surface area contributed by atoms with Crippen molar-refractivity contribution < 1.29 is 19.1 Å². The Balaban J connectivity index is 1.51. The molecule has 0 spiro atoms. The SMILES string of the molecule is CCn1ncc(CN(C)C(=O)c2nc(-c3ccc(OCCCNC(=O)OC(C)(C)C)c(C)c3)nc3ccc(C)cc23)c1C. The second-order valence-electron chi connectivity index (χ2n) is 11.8. The van der Waals surface area contributed by atoms with Gasteiger partial charge in [-0.25, -0.2) is 14.8 Å². The van der Waals surface area contributed by atoms with Crippen molar-refractivity contribution in [1.82, 2.24) is 30.0 Å². The van der Waals surface area contributed by atoms with Gasteiger partial charge in [0, 0.05) is 48.9 Å². The summed E-state index contributed by atoms with van der Waals surface area (Å²) in [5.41, 5.74) is 5.31. The van der Waals surface area contributed by atoms with Gasteiger partial charge in [0.2, 0.25) is 0 Å². The quantitative estimate of drug-likeness (QED) is 0.227. The highest BCUT2D eigenvalue weighted by Gasteiger charge is 2.21. The molecule has 0 bridgehead atoms. The van der Waals surface area contributed by atoms with Crippen LogP contribution in [0, 0.1) is 20.8 Å². The topological polar surface area (TPSA) is 111 Å². The van der Waals surface area contributed by atoms with E-state index in [0.717, 1.165) is 45.6 Å². The Morgan fingerprint density at radius 2 is 1.81 bits per heavy atom. The molecule has 0 atom stereocenters. The molecule has 0 fully saturated rings. The van der Waals surface area contributed by atoms with Crippen molar-refractivity contribution in [2.75, 3.05) is 20.2 Å².